The Kier molecular flexibility index (Phi) is 4.37. The summed E-state index contributed by atoms with van der Waals surface area (Å²) in [5.74, 6) is 0.440. The van der Waals surface area contributed by atoms with Gasteiger partial charge in [-0.05, 0) is 32.0 Å². The summed E-state index contributed by atoms with van der Waals surface area (Å²) < 4.78 is 5.22. The molecule has 1 amide bonds. The van der Waals surface area contributed by atoms with Gasteiger partial charge in [-0.15, -0.1) is 0 Å². The van der Waals surface area contributed by atoms with E-state index in [4.69, 9.17) is 4.42 Å². The van der Waals surface area contributed by atoms with E-state index in [1.807, 2.05) is 13.0 Å². The van der Waals surface area contributed by atoms with Crippen LogP contribution in [0.1, 0.15) is 28.6 Å². The second-order valence-electron chi connectivity index (χ2n) is 4.92. The quantitative estimate of drug-likeness (QED) is 0.677. The van der Waals surface area contributed by atoms with E-state index in [1.54, 1.807) is 31.4 Å². The zero-order valence-electron chi connectivity index (χ0n) is 11.8. The van der Waals surface area contributed by atoms with Gasteiger partial charge in [0.25, 0.3) is 11.6 Å². The molecule has 0 aliphatic heterocycles. The van der Waals surface area contributed by atoms with Crippen LogP contribution in [0.15, 0.2) is 41.0 Å². The smallest absolute Gasteiger partial charge is 0.273 e. The number of carbonyl (C=O) groups is 1. The van der Waals surface area contributed by atoms with Crippen LogP contribution in [0, 0.1) is 17.0 Å². The van der Waals surface area contributed by atoms with E-state index in [-0.39, 0.29) is 23.2 Å². The number of nitrogens with one attached hydrogen (secondary N) is 1. The lowest BCUT2D eigenvalue weighted by atomic mass is 10.1. The molecule has 1 atom stereocenters. The first kappa shape index (κ1) is 14.8. The number of amides is 1. The maximum Gasteiger partial charge on any atom is 0.273 e. The number of nitro benzene ring substituents is 1. The molecule has 0 aliphatic rings. The summed E-state index contributed by atoms with van der Waals surface area (Å²) in [5, 5.41) is 13.7. The highest BCUT2D eigenvalue weighted by molar-refractivity contribution is 5.95. The van der Waals surface area contributed by atoms with Gasteiger partial charge in [0.15, 0.2) is 0 Å². The molecule has 0 aliphatic carbocycles. The molecule has 6 heteroatoms. The third-order valence-corrected chi connectivity index (χ3v) is 3.13. The molecule has 0 saturated carbocycles. The summed E-state index contributed by atoms with van der Waals surface area (Å²) in [6.07, 6.45) is 2.14. The van der Waals surface area contributed by atoms with Gasteiger partial charge in [-0.3, -0.25) is 14.9 Å². The SMILES string of the molecule is Cc1ccc(C(=O)NC(C)Cc2ccco2)cc1[N+](=O)[O-]. The lowest BCUT2D eigenvalue weighted by Crippen LogP contribution is -2.34. The minimum Gasteiger partial charge on any atom is -0.469 e. The van der Waals surface area contributed by atoms with E-state index >= 15 is 0 Å². The minimum absolute atomic E-state index is 0.0543. The Bertz CT molecular complexity index is 650. The second-order valence-corrected chi connectivity index (χ2v) is 4.92. The van der Waals surface area contributed by atoms with Gasteiger partial charge in [-0.1, -0.05) is 6.07 Å². The molecule has 0 radical (unpaired) electrons. The predicted molar refractivity (Wildman–Crippen MR) is 77.2 cm³/mol. The van der Waals surface area contributed by atoms with Crippen molar-refractivity contribution >= 4 is 11.6 Å². The van der Waals surface area contributed by atoms with Crippen LogP contribution < -0.4 is 5.32 Å². The molecule has 2 aromatic rings. The fourth-order valence-electron chi connectivity index (χ4n) is 2.04. The fourth-order valence-corrected chi connectivity index (χ4v) is 2.04. The molecule has 0 fully saturated rings. The van der Waals surface area contributed by atoms with Gasteiger partial charge >= 0.3 is 0 Å². The van der Waals surface area contributed by atoms with Crippen molar-refractivity contribution in [3.8, 4) is 0 Å². The predicted octanol–water partition coefficient (Wildman–Crippen LogP) is 2.86. The third-order valence-electron chi connectivity index (χ3n) is 3.13. The molecule has 0 spiro atoms. The van der Waals surface area contributed by atoms with E-state index < -0.39 is 4.92 Å². The molecule has 6 nitrogen and oxygen atoms in total. The van der Waals surface area contributed by atoms with Crippen molar-refractivity contribution in [2.24, 2.45) is 0 Å². The molecule has 21 heavy (non-hydrogen) atoms. The van der Waals surface area contributed by atoms with Crippen LogP contribution in [0.3, 0.4) is 0 Å². The average molecular weight is 288 g/mol. The molecule has 1 aromatic carbocycles. The lowest BCUT2D eigenvalue weighted by Gasteiger charge is -2.12. The number of aryl methyl sites for hydroxylation is 1. The van der Waals surface area contributed by atoms with E-state index in [2.05, 4.69) is 5.32 Å². The van der Waals surface area contributed by atoms with Gasteiger partial charge in [0.1, 0.15) is 5.76 Å². The summed E-state index contributed by atoms with van der Waals surface area (Å²) in [6.45, 7) is 3.49. The normalized spacial score (nSPS) is 11.9. The molecule has 1 N–H and O–H groups in total. The van der Waals surface area contributed by atoms with E-state index in [9.17, 15) is 14.9 Å². The van der Waals surface area contributed by atoms with Gasteiger partial charge in [0, 0.05) is 29.7 Å². The number of rotatable bonds is 5. The summed E-state index contributed by atoms with van der Waals surface area (Å²) in [5.41, 5.74) is 0.750. The number of benzene rings is 1. The Labute approximate surface area is 121 Å². The second kappa shape index (κ2) is 6.21. The van der Waals surface area contributed by atoms with Crippen molar-refractivity contribution in [3.05, 3.63) is 63.6 Å². The number of nitro groups is 1. The summed E-state index contributed by atoms with van der Waals surface area (Å²) >= 11 is 0. The van der Waals surface area contributed by atoms with Crippen LogP contribution >= 0.6 is 0 Å². The molecule has 1 unspecified atom stereocenters. The molecule has 0 bridgehead atoms. The lowest BCUT2D eigenvalue weighted by molar-refractivity contribution is -0.385. The Hall–Kier alpha value is -2.63. The van der Waals surface area contributed by atoms with E-state index in [1.165, 1.54) is 6.07 Å². The number of furan rings is 1. The van der Waals surface area contributed by atoms with Gasteiger partial charge in [0.05, 0.1) is 11.2 Å². The van der Waals surface area contributed by atoms with Crippen LogP contribution in [0.2, 0.25) is 0 Å². The van der Waals surface area contributed by atoms with Crippen molar-refractivity contribution in [1.29, 1.82) is 0 Å². The van der Waals surface area contributed by atoms with Gasteiger partial charge < -0.3 is 9.73 Å². The molecular formula is C15H16N2O4. The Morgan fingerprint density at radius 2 is 2.19 bits per heavy atom. The first-order valence-corrected chi connectivity index (χ1v) is 6.55. The third kappa shape index (κ3) is 3.68. The fraction of sp³-hybridized carbons (Fsp3) is 0.267. The first-order valence-electron chi connectivity index (χ1n) is 6.55. The van der Waals surface area contributed by atoms with Crippen LogP contribution in [0.4, 0.5) is 5.69 Å². The Balaban J connectivity index is 2.06. The molecule has 1 heterocycles. The van der Waals surface area contributed by atoms with Crippen LogP contribution in [-0.4, -0.2) is 16.9 Å². The Morgan fingerprint density at radius 1 is 1.43 bits per heavy atom. The standard InChI is InChI=1S/C15H16N2O4/c1-10-5-6-12(9-14(10)17(19)20)15(18)16-11(2)8-13-4-3-7-21-13/h3-7,9,11H,8H2,1-2H3,(H,16,18). The zero-order chi connectivity index (χ0) is 15.4. The van der Waals surface area contributed by atoms with Crippen molar-refractivity contribution in [1.82, 2.24) is 5.32 Å². The molecule has 110 valence electrons. The van der Waals surface area contributed by atoms with Crippen LogP contribution in [0.5, 0.6) is 0 Å². The van der Waals surface area contributed by atoms with Crippen molar-refractivity contribution in [3.63, 3.8) is 0 Å². The highest BCUT2D eigenvalue weighted by Crippen LogP contribution is 2.19. The summed E-state index contributed by atoms with van der Waals surface area (Å²) in [4.78, 5) is 22.5. The average Bonchev–Trinajstić information content (AvgIpc) is 2.91. The molecule has 0 saturated heterocycles. The number of hydrogen-bond donors (Lipinski definition) is 1. The number of hydrogen-bond acceptors (Lipinski definition) is 4. The summed E-state index contributed by atoms with van der Waals surface area (Å²) in [7, 11) is 0. The molecule has 1 aromatic heterocycles. The maximum absolute atomic E-state index is 12.1. The van der Waals surface area contributed by atoms with Crippen molar-refractivity contribution in [2.75, 3.05) is 0 Å². The van der Waals surface area contributed by atoms with E-state index in [0.29, 0.717) is 12.0 Å². The monoisotopic (exact) mass is 288 g/mol. The van der Waals surface area contributed by atoms with Crippen molar-refractivity contribution in [2.45, 2.75) is 26.3 Å². The maximum atomic E-state index is 12.1. The largest absolute Gasteiger partial charge is 0.469 e. The number of nitrogens with zero attached hydrogens (tertiary/aromatic N) is 1. The molecule has 2 rings (SSSR count). The van der Waals surface area contributed by atoms with Gasteiger partial charge in [0.2, 0.25) is 0 Å². The summed E-state index contributed by atoms with van der Waals surface area (Å²) in [6, 6.07) is 7.93. The Morgan fingerprint density at radius 3 is 2.81 bits per heavy atom. The van der Waals surface area contributed by atoms with Crippen LogP contribution in [0.25, 0.3) is 0 Å². The number of carbonyl (C=O) groups excluding carboxylic acids is 1. The molecular weight excluding hydrogens is 272 g/mol. The van der Waals surface area contributed by atoms with Gasteiger partial charge in [-0.25, -0.2) is 0 Å². The minimum atomic E-state index is -0.488. The zero-order valence-corrected chi connectivity index (χ0v) is 11.8. The van der Waals surface area contributed by atoms with Crippen molar-refractivity contribution < 1.29 is 14.1 Å². The highest BCUT2D eigenvalue weighted by atomic mass is 16.6. The first-order chi connectivity index (χ1) is 9.97. The van der Waals surface area contributed by atoms with Gasteiger partial charge in [-0.2, -0.15) is 0 Å². The topological polar surface area (TPSA) is 85.4 Å². The highest BCUT2D eigenvalue weighted by Gasteiger charge is 2.16. The van der Waals surface area contributed by atoms with Crippen LogP contribution in [-0.2, 0) is 6.42 Å². The van der Waals surface area contributed by atoms with E-state index in [0.717, 1.165) is 5.76 Å².